The Morgan fingerprint density at radius 3 is 2.38 bits per heavy atom. The van der Waals surface area contributed by atoms with Crippen molar-refractivity contribution in [2.45, 2.75) is 31.2 Å². The fraction of sp³-hybridized carbons (Fsp3) is 0.316. The van der Waals surface area contributed by atoms with Gasteiger partial charge in [-0.3, -0.25) is 4.79 Å². The van der Waals surface area contributed by atoms with Crippen molar-refractivity contribution in [2.75, 3.05) is 6.26 Å². The lowest BCUT2D eigenvalue weighted by Gasteiger charge is -2.23. The summed E-state index contributed by atoms with van der Waals surface area (Å²) in [5, 5.41) is 0.298. The van der Waals surface area contributed by atoms with Crippen LogP contribution in [0.25, 0.3) is 0 Å². The molecule has 0 aliphatic heterocycles. The highest BCUT2D eigenvalue weighted by Gasteiger charge is 2.34. The number of benzene rings is 2. The minimum Gasteiger partial charge on any atom is -0.331 e. The second-order valence-electron chi connectivity index (χ2n) is 6.63. The number of carbonyl (C=O) groups is 1. The summed E-state index contributed by atoms with van der Waals surface area (Å²) in [6.45, 7) is 0.111. The summed E-state index contributed by atoms with van der Waals surface area (Å²) >= 11 is 6.10. The molecule has 2 aromatic carbocycles. The van der Waals surface area contributed by atoms with E-state index in [1.807, 2.05) is 0 Å². The SMILES string of the molecule is CS(=O)(=O)Cc1ccc(C(=O)N(Cc2c(F)cccc2Cl)C2CC2)cc1. The molecule has 7 heteroatoms. The van der Waals surface area contributed by atoms with Gasteiger partial charge in [-0.2, -0.15) is 0 Å². The van der Waals surface area contributed by atoms with Crippen LogP contribution in [0.5, 0.6) is 0 Å². The minimum atomic E-state index is -3.13. The van der Waals surface area contributed by atoms with Crippen LogP contribution in [-0.2, 0) is 22.1 Å². The highest BCUT2D eigenvalue weighted by atomic mass is 35.5. The number of carbonyl (C=O) groups excluding carboxylic acids is 1. The lowest BCUT2D eigenvalue weighted by Crippen LogP contribution is -2.33. The van der Waals surface area contributed by atoms with Crippen LogP contribution >= 0.6 is 11.6 Å². The smallest absolute Gasteiger partial charge is 0.254 e. The standard InChI is InChI=1S/C19H19ClFNO3S/c1-26(24,25)12-13-5-7-14(8-6-13)19(23)22(15-9-10-15)11-16-17(20)3-2-4-18(16)21/h2-8,15H,9-12H2,1H3. The maximum atomic E-state index is 14.1. The van der Waals surface area contributed by atoms with Gasteiger partial charge in [0.15, 0.2) is 9.84 Å². The number of halogens is 2. The molecule has 3 rings (SSSR count). The average Bonchev–Trinajstić information content (AvgIpc) is 3.38. The molecule has 0 saturated heterocycles. The first kappa shape index (κ1) is 18.9. The Hall–Kier alpha value is -1.92. The molecular formula is C19H19ClFNO3S. The third-order valence-corrected chi connectivity index (χ3v) is 5.48. The molecule has 0 aromatic heterocycles. The monoisotopic (exact) mass is 395 g/mol. The van der Waals surface area contributed by atoms with Crippen LogP contribution in [0.15, 0.2) is 42.5 Å². The molecule has 0 radical (unpaired) electrons. The maximum absolute atomic E-state index is 14.1. The van der Waals surface area contributed by atoms with Crippen molar-refractivity contribution in [3.8, 4) is 0 Å². The first-order valence-electron chi connectivity index (χ1n) is 8.25. The molecule has 1 saturated carbocycles. The number of sulfone groups is 1. The Balaban J connectivity index is 1.81. The quantitative estimate of drug-likeness (QED) is 0.747. The third-order valence-electron chi connectivity index (χ3n) is 4.27. The van der Waals surface area contributed by atoms with Crippen LogP contribution in [0.3, 0.4) is 0 Å². The van der Waals surface area contributed by atoms with Crippen LogP contribution in [0.4, 0.5) is 4.39 Å². The maximum Gasteiger partial charge on any atom is 0.254 e. The molecule has 1 fully saturated rings. The molecule has 1 aliphatic carbocycles. The Labute approximate surface area is 157 Å². The van der Waals surface area contributed by atoms with Gasteiger partial charge in [-0.15, -0.1) is 0 Å². The molecule has 0 bridgehead atoms. The van der Waals surface area contributed by atoms with E-state index in [1.54, 1.807) is 35.2 Å². The minimum absolute atomic E-state index is 0.0708. The molecule has 138 valence electrons. The lowest BCUT2D eigenvalue weighted by molar-refractivity contribution is 0.0728. The molecule has 0 heterocycles. The van der Waals surface area contributed by atoms with Crippen molar-refractivity contribution in [1.29, 1.82) is 0 Å². The van der Waals surface area contributed by atoms with Crippen LogP contribution < -0.4 is 0 Å². The van der Waals surface area contributed by atoms with Gasteiger partial charge in [-0.05, 0) is 42.7 Å². The molecular weight excluding hydrogens is 377 g/mol. The van der Waals surface area contributed by atoms with Crippen LogP contribution in [0.2, 0.25) is 5.02 Å². The van der Waals surface area contributed by atoms with Crippen LogP contribution in [0.1, 0.15) is 34.3 Å². The van der Waals surface area contributed by atoms with Gasteiger partial charge in [0, 0.05) is 28.4 Å². The Bertz CT molecular complexity index is 904. The summed E-state index contributed by atoms with van der Waals surface area (Å²) in [5.41, 5.74) is 1.38. The number of nitrogens with zero attached hydrogens (tertiary/aromatic N) is 1. The van der Waals surface area contributed by atoms with Crippen LogP contribution in [0, 0.1) is 5.82 Å². The largest absolute Gasteiger partial charge is 0.331 e. The molecule has 0 unspecified atom stereocenters. The highest BCUT2D eigenvalue weighted by molar-refractivity contribution is 7.89. The van der Waals surface area contributed by atoms with Crippen molar-refractivity contribution in [3.63, 3.8) is 0 Å². The summed E-state index contributed by atoms with van der Waals surface area (Å²) in [5.74, 6) is -0.712. The highest BCUT2D eigenvalue weighted by Crippen LogP contribution is 2.32. The molecule has 1 aliphatic rings. The Kier molecular flexibility index (Phi) is 5.34. The molecule has 26 heavy (non-hydrogen) atoms. The van der Waals surface area contributed by atoms with E-state index < -0.39 is 15.7 Å². The third kappa shape index (κ3) is 4.62. The topological polar surface area (TPSA) is 54.5 Å². The van der Waals surface area contributed by atoms with Crippen molar-refractivity contribution >= 4 is 27.3 Å². The van der Waals surface area contributed by atoms with Gasteiger partial charge in [0.25, 0.3) is 5.91 Å². The van der Waals surface area contributed by atoms with E-state index in [-0.39, 0.29) is 24.2 Å². The molecule has 4 nitrogen and oxygen atoms in total. The average molecular weight is 396 g/mol. The summed E-state index contributed by atoms with van der Waals surface area (Å²) in [4.78, 5) is 14.5. The van der Waals surface area contributed by atoms with Crippen molar-refractivity contribution < 1.29 is 17.6 Å². The van der Waals surface area contributed by atoms with E-state index in [1.165, 1.54) is 18.4 Å². The Morgan fingerprint density at radius 2 is 1.85 bits per heavy atom. The van der Waals surface area contributed by atoms with Gasteiger partial charge in [-0.1, -0.05) is 29.8 Å². The number of hydrogen-bond donors (Lipinski definition) is 0. The predicted molar refractivity (Wildman–Crippen MR) is 99.3 cm³/mol. The molecule has 0 atom stereocenters. The van der Waals surface area contributed by atoms with E-state index in [0.29, 0.717) is 21.7 Å². The zero-order valence-corrected chi connectivity index (χ0v) is 15.9. The van der Waals surface area contributed by atoms with E-state index in [2.05, 4.69) is 0 Å². The normalized spacial score (nSPS) is 14.3. The summed E-state index contributed by atoms with van der Waals surface area (Å²) in [7, 11) is -3.13. The first-order valence-corrected chi connectivity index (χ1v) is 10.7. The molecule has 1 amide bonds. The molecule has 0 N–H and O–H groups in total. The number of amides is 1. The second-order valence-corrected chi connectivity index (χ2v) is 9.18. The number of rotatable bonds is 6. The van der Waals surface area contributed by atoms with Gasteiger partial charge in [-0.25, -0.2) is 12.8 Å². The van der Waals surface area contributed by atoms with Gasteiger partial charge in [0.05, 0.1) is 12.3 Å². The fourth-order valence-corrected chi connectivity index (χ4v) is 3.84. The summed E-state index contributed by atoms with van der Waals surface area (Å²) in [6, 6.07) is 11.0. The predicted octanol–water partition coefficient (Wildman–Crippen LogP) is 3.83. The van der Waals surface area contributed by atoms with E-state index >= 15 is 0 Å². The van der Waals surface area contributed by atoms with Gasteiger partial charge in [0.2, 0.25) is 0 Å². The zero-order valence-electron chi connectivity index (χ0n) is 14.3. The zero-order chi connectivity index (χ0) is 18.9. The summed E-state index contributed by atoms with van der Waals surface area (Å²) in [6.07, 6.45) is 2.92. The first-order chi connectivity index (χ1) is 12.2. The van der Waals surface area contributed by atoms with Crippen LogP contribution in [-0.4, -0.2) is 31.5 Å². The second kappa shape index (κ2) is 7.37. The summed E-state index contributed by atoms with van der Waals surface area (Å²) < 4.78 is 36.8. The van der Waals surface area contributed by atoms with E-state index in [4.69, 9.17) is 11.6 Å². The van der Waals surface area contributed by atoms with E-state index in [0.717, 1.165) is 12.8 Å². The van der Waals surface area contributed by atoms with Crippen molar-refractivity contribution in [2.24, 2.45) is 0 Å². The van der Waals surface area contributed by atoms with Gasteiger partial charge in [0.1, 0.15) is 5.82 Å². The Morgan fingerprint density at radius 1 is 1.19 bits per heavy atom. The molecule has 0 spiro atoms. The molecule has 2 aromatic rings. The lowest BCUT2D eigenvalue weighted by atomic mass is 10.1. The van der Waals surface area contributed by atoms with Gasteiger partial charge < -0.3 is 4.90 Å². The van der Waals surface area contributed by atoms with Crippen molar-refractivity contribution in [3.05, 3.63) is 70.0 Å². The number of hydrogen-bond acceptors (Lipinski definition) is 3. The van der Waals surface area contributed by atoms with Gasteiger partial charge >= 0.3 is 0 Å². The van der Waals surface area contributed by atoms with Crippen molar-refractivity contribution in [1.82, 2.24) is 4.90 Å². The fourth-order valence-electron chi connectivity index (χ4n) is 2.82. The van der Waals surface area contributed by atoms with E-state index in [9.17, 15) is 17.6 Å².